The van der Waals surface area contributed by atoms with Crippen LogP contribution < -0.4 is 22.3 Å². The molecule has 4 N–H and O–H groups in total. The first-order valence-corrected chi connectivity index (χ1v) is 7.79. The summed E-state index contributed by atoms with van der Waals surface area (Å²) in [5.74, 6) is 0.798. The Morgan fingerprint density at radius 1 is 1.29 bits per heavy atom. The number of nitrogens with two attached hydrogens (primary N) is 1. The maximum absolute atomic E-state index is 12.0. The van der Waals surface area contributed by atoms with Gasteiger partial charge in [-0.2, -0.15) is 0 Å². The molecule has 1 rings (SSSR count). The van der Waals surface area contributed by atoms with Crippen molar-refractivity contribution in [3.05, 3.63) is 20.8 Å². The summed E-state index contributed by atoms with van der Waals surface area (Å²) >= 11 is 0. The summed E-state index contributed by atoms with van der Waals surface area (Å²) in [5.41, 5.74) is 5.44. The standard InChI is InChI=1S/C15H28N4O2/c1-5-7-8-19-13(16)12(14(20)18-15(19)21)17-11(4)9-10(3)6-2/h10-11,17H,5-9,16H2,1-4H3,(H,18,20,21). The normalized spacial score (nSPS) is 13.9. The molecule has 1 aromatic rings. The van der Waals surface area contributed by atoms with Gasteiger partial charge in [0.05, 0.1) is 0 Å². The van der Waals surface area contributed by atoms with Gasteiger partial charge in [-0.25, -0.2) is 4.79 Å². The highest BCUT2D eigenvalue weighted by Crippen LogP contribution is 2.16. The lowest BCUT2D eigenvalue weighted by Gasteiger charge is -2.20. The molecule has 0 saturated heterocycles. The maximum atomic E-state index is 12.0. The van der Waals surface area contributed by atoms with Crippen LogP contribution in [0.15, 0.2) is 9.59 Å². The third kappa shape index (κ3) is 4.65. The number of aromatic amines is 1. The van der Waals surface area contributed by atoms with Crippen LogP contribution >= 0.6 is 0 Å². The van der Waals surface area contributed by atoms with Gasteiger partial charge in [0.2, 0.25) is 0 Å². The molecule has 0 fully saturated rings. The summed E-state index contributed by atoms with van der Waals surface area (Å²) in [6, 6.07) is 0.125. The van der Waals surface area contributed by atoms with Crippen molar-refractivity contribution in [1.29, 1.82) is 0 Å². The zero-order chi connectivity index (χ0) is 16.0. The van der Waals surface area contributed by atoms with Crippen molar-refractivity contribution in [2.45, 2.75) is 66.0 Å². The van der Waals surface area contributed by atoms with Gasteiger partial charge in [-0.05, 0) is 25.7 Å². The molecule has 0 saturated carbocycles. The number of hydrogen-bond donors (Lipinski definition) is 3. The van der Waals surface area contributed by atoms with Crippen LogP contribution in [-0.2, 0) is 6.54 Å². The lowest BCUT2D eigenvalue weighted by Crippen LogP contribution is -2.35. The van der Waals surface area contributed by atoms with Gasteiger partial charge in [0.15, 0.2) is 0 Å². The highest BCUT2D eigenvalue weighted by Gasteiger charge is 2.15. The van der Waals surface area contributed by atoms with E-state index in [4.69, 9.17) is 5.73 Å². The first-order chi connectivity index (χ1) is 9.90. The molecule has 6 heteroatoms. The molecule has 0 spiro atoms. The van der Waals surface area contributed by atoms with E-state index >= 15 is 0 Å². The Balaban J connectivity index is 3.01. The number of nitrogens with zero attached hydrogens (tertiary/aromatic N) is 1. The Hall–Kier alpha value is -1.72. The van der Waals surface area contributed by atoms with Gasteiger partial charge in [-0.3, -0.25) is 14.3 Å². The van der Waals surface area contributed by atoms with Crippen LogP contribution in [0.3, 0.4) is 0 Å². The summed E-state index contributed by atoms with van der Waals surface area (Å²) in [7, 11) is 0. The third-order valence-corrected chi connectivity index (χ3v) is 3.82. The van der Waals surface area contributed by atoms with Crippen molar-refractivity contribution in [3.8, 4) is 0 Å². The lowest BCUT2D eigenvalue weighted by atomic mass is 10.0. The Bertz CT molecular complexity index is 562. The van der Waals surface area contributed by atoms with Gasteiger partial charge in [0.25, 0.3) is 5.56 Å². The number of rotatable bonds is 8. The van der Waals surface area contributed by atoms with E-state index in [2.05, 4.69) is 24.1 Å². The fraction of sp³-hybridized carbons (Fsp3) is 0.733. The third-order valence-electron chi connectivity index (χ3n) is 3.82. The van der Waals surface area contributed by atoms with E-state index in [1.807, 2.05) is 13.8 Å². The second-order valence-electron chi connectivity index (χ2n) is 5.82. The summed E-state index contributed by atoms with van der Waals surface area (Å²) in [6.45, 7) is 8.90. The number of unbranched alkanes of at least 4 members (excludes halogenated alkanes) is 1. The number of anilines is 2. The second-order valence-corrected chi connectivity index (χ2v) is 5.82. The van der Waals surface area contributed by atoms with Crippen molar-refractivity contribution in [1.82, 2.24) is 9.55 Å². The van der Waals surface area contributed by atoms with Gasteiger partial charge in [-0.1, -0.05) is 33.6 Å². The number of nitrogen functional groups attached to an aromatic ring is 1. The average molecular weight is 296 g/mol. The highest BCUT2D eigenvalue weighted by molar-refractivity contribution is 5.60. The van der Waals surface area contributed by atoms with Crippen LogP contribution in [0.2, 0.25) is 0 Å². The van der Waals surface area contributed by atoms with E-state index < -0.39 is 11.2 Å². The summed E-state index contributed by atoms with van der Waals surface area (Å²) in [5, 5.41) is 3.16. The summed E-state index contributed by atoms with van der Waals surface area (Å²) in [6.07, 6.45) is 3.84. The number of aromatic nitrogens is 2. The van der Waals surface area contributed by atoms with Crippen molar-refractivity contribution in [2.24, 2.45) is 5.92 Å². The minimum absolute atomic E-state index is 0.125. The van der Waals surface area contributed by atoms with Crippen LogP contribution in [0.5, 0.6) is 0 Å². The van der Waals surface area contributed by atoms with E-state index in [1.54, 1.807) is 0 Å². The van der Waals surface area contributed by atoms with E-state index in [0.29, 0.717) is 18.2 Å². The fourth-order valence-corrected chi connectivity index (χ4v) is 2.34. The first-order valence-electron chi connectivity index (χ1n) is 7.79. The molecular weight excluding hydrogens is 268 g/mol. The van der Waals surface area contributed by atoms with E-state index in [9.17, 15) is 9.59 Å². The quantitative estimate of drug-likeness (QED) is 0.685. The lowest BCUT2D eigenvalue weighted by molar-refractivity contribution is 0.483. The molecule has 1 aromatic heterocycles. The van der Waals surface area contributed by atoms with E-state index in [1.165, 1.54) is 4.57 Å². The average Bonchev–Trinajstić information content (AvgIpc) is 2.43. The van der Waals surface area contributed by atoms with Crippen molar-refractivity contribution >= 4 is 11.5 Å². The monoisotopic (exact) mass is 296 g/mol. The Labute approximate surface area is 125 Å². The Morgan fingerprint density at radius 3 is 2.52 bits per heavy atom. The highest BCUT2D eigenvalue weighted by atomic mass is 16.2. The van der Waals surface area contributed by atoms with E-state index in [0.717, 1.165) is 25.7 Å². The topological polar surface area (TPSA) is 92.9 Å². The minimum Gasteiger partial charge on any atom is -0.383 e. The molecule has 2 unspecified atom stereocenters. The minimum atomic E-state index is -0.443. The molecular formula is C15H28N4O2. The molecule has 0 aromatic carbocycles. The van der Waals surface area contributed by atoms with Crippen molar-refractivity contribution in [2.75, 3.05) is 11.1 Å². The predicted octanol–water partition coefficient (Wildman–Crippen LogP) is 2.16. The van der Waals surface area contributed by atoms with Crippen LogP contribution in [0, 0.1) is 5.92 Å². The molecule has 0 bridgehead atoms. The van der Waals surface area contributed by atoms with Crippen LogP contribution in [-0.4, -0.2) is 15.6 Å². The van der Waals surface area contributed by atoms with Gasteiger partial charge in [0, 0.05) is 12.6 Å². The van der Waals surface area contributed by atoms with Gasteiger partial charge < -0.3 is 11.1 Å². The number of nitrogens with one attached hydrogen (secondary N) is 2. The summed E-state index contributed by atoms with van der Waals surface area (Å²) in [4.78, 5) is 26.1. The van der Waals surface area contributed by atoms with Crippen LogP contribution in [0.25, 0.3) is 0 Å². The van der Waals surface area contributed by atoms with Gasteiger partial charge in [-0.15, -0.1) is 0 Å². The van der Waals surface area contributed by atoms with Gasteiger partial charge >= 0.3 is 5.69 Å². The smallest absolute Gasteiger partial charge is 0.330 e. The van der Waals surface area contributed by atoms with Crippen LogP contribution in [0.1, 0.15) is 53.4 Å². The van der Waals surface area contributed by atoms with Crippen molar-refractivity contribution in [3.63, 3.8) is 0 Å². The first kappa shape index (κ1) is 17.3. The van der Waals surface area contributed by atoms with Crippen molar-refractivity contribution < 1.29 is 0 Å². The predicted molar refractivity (Wildman–Crippen MR) is 87.8 cm³/mol. The Kier molecular flexibility index (Phi) is 6.52. The SMILES string of the molecule is CCCCn1c(N)c(NC(C)CC(C)CC)c(=O)[nH]c1=O. The molecule has 0 aliphatic rings. The molecule has 2 atom stereocenters. The molecule has 120 valence electrons. The molecule has 0 amide bonds. The zero-order valence-corrected chi connectivity index (χ0v) is 13.5. The number of H-pyrrole nitrogens is 1. The Morgan fingerprint density at radius 2 is 1.95 bits per heavy atom. The van der Waals surface area contributed by atoms with Crippen LogP contribution in [0.4, 0.5) is 11.5 Å². The maximum Gasteiger partial charge on any atom is 0.330 e. The summed E-state index contributed by atoms with van der Waals surface area (Å²) < 4.78 is 1.43. The van der Waals surface area contributed by atoms with Gasteiger partial charge in [0.1, 0.15) is 11.5 Å². The second kappa shape index (κ2) is 7.90. The fourth-order valence-electron chi connectivity index (χ4n) is 2.34. The van der Waals surface area contributed by atoms with E-state index in [-0.39, 0.29) is 11.9 Å². The molecule has 6 nitrogen and oxygen atoms in total. The largest absolute Gasteiger partial charge is 0.383 e. The zero-order valence-electron chi connectivity index (χ0n) is 13.5. The molecule has 1 heterocycles. The number of hydrogen-bond acceptors (Lipinski definition) is 4. The molecule has 0 aliphatic carbocycles. The molecule has 0 radical (unpaired) electrons. The molecule has 0 aliphatic heterocycles. The molecule has 21 heavy (non-hydrogen) atoms.